The number of hydrogen-bond acceptors (Lipinski definition) is 3. The average Bonchev–Trinajstić information content (AvgIpc) is 2.35. The van der Waals surface area contributed by atoms with Crippen LogP contribution in [0, 0.1) is 0 Å². The summed E-state index contributed by atoms with van der Waals surface area (Å²) in [6, 6.07) is 8.81. The van der Waals surface area contributed by atoms with Crippen molar-refractivity contribution >= 4 is 15.9 Å². The molecule has 4 heteroatoms. The lowest BCUT2D eigenvalue weighted by molar-refractivity contribution is 0.215. The molecule has 0 amide bonds. The van der Waals surface area contributed by atoms with Crippen LogP contribution >= 0.6 is 15.9 Å². The largest absolute Gasteiger partial charge is 0.395 e. The minimum atomic E-state index is 0.221. The van der Waals surface area contributed by atoms with Gasteiger partial charge in [-0.3, -0.25) is 0 Å². The smallest absolute Gasteiger partial charge is 0.0558 e. The second-order valence-electron chi connectivity index (χ2n) is 4.48. The first-order valence-corrected chi connectivity index (χ1v) is 7.25. The van der Waals surface area contributed by atoms with Crippen molar-refractivity contribution in [2.24, 2.45) is 0 Å². The molecule has 0 aliphatic rings. The van der Waals surface area contributed by atoms with Crippen molar-refractivity contribution in [1.82, 2.24) is 10.2 Å². The van der Waals surface area contributed by atoms with Gasteiger partial charge < -0.3 is 15.3 Å². The van der Waals surface area contributed by atoms with Crippen LogP contribution in [0.15, 0.2) is 28.7 Å². The molecule has 0 bridgehead atoms. The van der Waals surface area contributed by atoms with Gasteiger partial charge in [-0.05, 0) is 44.3 Å². The average molecular weight is 315 g/mol. The summed E-state index contributed by atoms with van der Waals surface area (Å²) < 4.78 is 1.12. The highest BCUT2D eigenvalue weighted by Gasteiger charge is 2.11. The number of halogens is 1. The molecule has 1 rings (SSSR count). The SMILES string of the molecule is CCNC(CCN(C)CCO)c1cccc(Br)c1. The van der Waals surface area contributed by atoms with E-state index in [-0.39, 0.29) is 6.61 Å². The van der Waals surface area contributed by atoms with Crippen LogP contribution < -0.4 is 5.32 Å². The summed E-state index contributed by atoms with van der Waals surface area (Å²) in [5.41, 5.74) is 1.31. The number of rotatable bonds is 8. The lowest BCUT2D eigenvalue weighted by atomic mass is 10.0. The molecular weight excluding hydrogens is 292 g/mol. The minimum absolute atomic E-state index is 0.221. The lowest BCUT2D eigenvalue weighted by Crippen LogP contribution is -2.28. The first-order chi connectivity index (χ1) is 8.67. The maximum Gasteiger partial charge on any atom is 0.0558 e. The molecule has 0 spiro atoms. The van der Waals surface area contributed by atoms with E-state index in [4.69, 9.17) is 5.11 Å². The van der Waals surface area contributed by atoms with E-state index in [1.165, 1.54) is 5.56 Å². The molecule has 0 saturated carbocycles. The molecule has 0 aliphatic carbocycles. The van der Waals surface area contributed by atoms with E-state index in [2.05, 4.69) is 51.3 Å². The van der Waals surface area contributed by atoms with Gasteiger partial charge in [0.2, 0.25) is 0 Å². The van der Waals surface area contributed by atoms with Crippen molar-refractivity contribution < 1.29 is 5.11 Å². The molecule has 1 atom stereocenters. The lowest BCUT2D eigenvalue weighted by Gasteiger charge is -2.22. The normalized spacial score (nSPS) is 12.9. The Balaban J connectivity index is 2.59. The van der Waals surface area contributed by atoms with Gasteiger partial charge >= 0.3 is 0 Å². The minimum Gasteiger partial charge on any atom is -0.395 e. The third-order valence-corrected chi connectivity index (χ3v) is 3.48. The second kappa shape index (κ2) is 8.64. The third-order valence-electron chi connectivity index (χ3n) is 2.98. The standard InChI is InChI=1S/C14H23BrN2O/c1-3-16-14(7-8-17(2)9-10-18)12-5-4-6-13(15)11-12/h4-6,11,14,16,18H,3,7-10H2,1-2H3. The highest BCUT2D eigenvalue weighted by atomic mass is 79.9. The van der Waals surface area contributed by atoms with E-state index in [0.717, 1.165) is 30.5 Å². The molecule has 3 nitrogen and oxygen atoms in total. The fraction of sp³-hybridized carbons (Fsp3) is 0.571. The van der Waals surface area contributed by atoms with Gasteiger partial charge in [0.05, 0.1) is 6.61 Å². The Morgan fingerprint density at radius 3 is 2.78 bits per heavy atom. The van der Waals surface area contributed by atoms with Gasteiger partial charge in [0.25, 0.3) is 0 Å². The van der Waals surface area contributed by atoms with E-state index in [9.17, 15) is 0 Å². The Hall–Kier alpha value is -0.420. The van der Waals surface area contributed by atoms with Gasteiger partial charge in [0, 0.05) is 17.1 Å². The fourth-order valence-corrected chi connectivity index (χ4v) is 2.41. The van der Waals surface area contributed by atoms with Crippen LogP contribution in [0.4, 0.5) is 0 Å². The number of aliphatic hydroxyl groups is 1. The first-order valence-electron chi connectivity index (χ1n) is 6.45. The predicted molar refractivity (Wildman–Crippen MR) is 79.8 cm³/mol. The van der Waals surface area contributed by atoms with Crippen molar-refractivity contribution in [3.8, 4) is 0 Å². The maximum absolute atomic E-state index is 8.90. The molecule has 0 aromatic heterocycles. The third kappa shape index (κ3) is 5.48. The van der Waals surface area contributed by atoms with Gasteiger partial charge in [-0.2, -0.15) is 0 Å². The number of nitrogens with one attached hydrogen (secondary N) is 1. The molecule has 0 radical (unpaired) electrons. The Labute approximate surface area is 118 Å². The fourth-order valence-electron chi connectivity index (χ4n) is 1.99. The summed E-state index contributed by atoms with van der Waals surface area (Å²) in [5, 5.41) is 12.4. The van der Waals surface area contributed by atoms with Gasteiger partial charge in [-0.15, -0.1) is 0 Å². The summed E-state index contributed by atoms with van der Waals surface area (Å²) in [5.74, 6) is 0. The summed E-state index contributed by atoms with van der Waals surface area (Å²) in [4.78, 5) is 2.16. The molecule has 2 N–H and O–H groups in total. The van der Waals surface area contributed by atoms with Crippen LogP contribution in [0.1, 0.15) is 24.9 Å². The molecule has 18 heavy (non-hydrogen) atoms. The number of aliphatic hydroxyl groups excluding tert-OH is 1. The monoisotopic (exact) mass is 314 g/mol. The molecule has 0 aliphatic heterocycles. The quantitative estimate of drug-likeness (QED) is 0.773. The zero-order valence-electron chi connectivity index (χ0n) is 11.2. The van der Waals surface area contributed by atoms with Gasteiger partial charge in [0.1, 0.15) is 0 Å². The molecule has 0 saturated heterocycles. The molecule has 1 aromatic rings. The summed E-state index contributed by atoms with van der Waals surface area (Å²) in [7, 11) is 2.04. The zero-order chi connectivity index (χ0) is 13.4. The van der Waals surface area contributed by atoms with Gasteiger partial charge in [-0.1, -0.05) is 35.0 Å². The van der Waals surface area contributed by atoms with Crippen LogP contribution in [0.25, 0.3) is 0 Å². The van der Waals surface area contributed by atoms with Crippen molar-refractivity contribution in [2.75, 3.05) is 33.3 Å². The van der Waals surface area contributed by atoms with E-state index >= 15 is 0 Å². The molecule has 1 aromatic carbocycles. The number of nitrogens with zero attached hydrogens (tertiary/aromatic N) is 1. The summed E-state index contributed by atoms with van der Waals surface area (Å²) >= 11 is 3.52. The van der Waals surface area contributed by atoms with E-state index in [1.807, 2.05) is 13.1 Å². The van der Waals surface area contributed by atoms with Crippen LogP contribution in [-0.2, 0) is 0 Å². The Morgan fingerprint density at radius 1 is 1.39 bits per heavy atom. The Kier molecular flexibility index (Phi) is 7.51. The van der Waals surface area contributed by atoms with Crippen LogP contribution in [0.3, 0.4) is 0 Å². The highest BCUT2D eigenvalue weighted by molar-refractivity contribution is 9.10. The van der Waals surface area contributed by atoms with Crippen LogP contribution in [0.5, 0.6) is 0 Å². The first kappa shape index (κ1) is 15.6. The predicted octanol–water partition coefficient (Wildman–Crippen LogP) is 2.41. The van der Waals surface area contributed by atoms with Crippen molar-refractivity contribution in [2.45, 2.75) is 19.4 Å². The topological polar surface area (TPSA) is 35.5 Å². The summed E-state index contributed by atoms with van der Waals surface area (Å²) in [6.07, 6.45) is 1.04. The van der Waals surface area contributed by atoms with Crippen molar-refractivity contribution in [1.29, 1.82) is 0 Å². The Bertz CT molecular complexity index is 346. The maximum atomic E-state index is 8.90. The highest BCUT2D eigenvalue weighted by Crippen LogP contribution is 2.21. The van der Waals surface area contributed by atoms with Gasteiger partial charge in [-0.25, -0.2) is 0 Å². The van der Waals surface area contributed by atoms with Crippen molar-refractivity contribution in [3.05, 3.63) is 34.3 Å². The molecule has 0 fully saturated rings. The molecule has 0 heterocycles. The number of hydrogen-bond donors (Lipinski definition) is 2. The molecule has 1 unspecified atom stereocenters. The Morgan fingerprint density at radius 2 is 2.17 bits per heavy atom. The van der Waals surface area contributed by atoms with Crippen LogP contribution in [-0.4, -0.2) is 43.3 Å². The van der Waals surface area contributed by atoms with Crippen molar-refractivity contribution in [3.63, 3.8) is 0 Å². The van der Waals surface area contributed by atoms with Gasteiger partial charge in [0.15, 0.2) is 0 Å². The van der Waals surface area contributed by atoms with E-state index in [1.54, 1.807) is 0 Å². The molecular formula is C14H23BrN2O. The van der Waals surface area contributed by atoms with Crippen LogP contribution in [0.2, 0.25) is 0 Å². The zero-order valence-corrected chi connectivity index (χ0v) is 12.8. The van der Waals surface area contributed by atoms with E-state index in [0.29, 0.717) is 6.04 Å². The second-order valence-corrected chi connectivity index (χ2v) is 5.40. The number of benzene rings is 1. The summed E-state index contributed by atoms with van der Waals surface area (Å²) in [6.45, 7) is 5.02. The molecule has 102 valence electrons. The van der Waals surface area contributed by atoms with E-state index < -0.39 is 0 Å². The number of likely N-dealkylation sites (N-methyl/N-ethyl adjacent to an activating group) is 1.